The first-order valence-corrected chi connectivity index (χ1v) is 10.9. The summed E-state index contributed by atoms with van der Waals surface area (Å²) in [6, 6.07) is 7.37. The molecule has 0 saturated carbocycles. The molecule has 3 rings (SSSR count). The maximum Gasteiger partial charge on any atom is 0.295 e. The van der Waals surface area contributed by atoms with Gasteiger partial charge in [0.05, 0.1) is 25.3 Å². The lowest BCUT2D eigenvalue weighted by Crippen LogP contribution is -2.32. The Morgan fingerprint density at radius 1 is 1.15 bits per heavy atom. The van der Waals surface area contributed by atoms with Gasteiger partial charge in [-0.15, -0.1) is 0 Å². The quantitative estimate of drug-likeness (QED) is 0.328. The highest BCUT2D eigenvalue weighted by Crippen LogP contribution is 2.42. The number of halogens is 1. The van der Waals surface area contributed by atoms with Gasteiger partial charge in [0.2, 0.25) is 0 Å². The number of likely N-dealkylation sites (tertiary alicyclic amines) is 1. The highest BCUT2D eigenvalue weighted by atomic mass is 19.1. The minimum Gasteiger partial charge on any atom is -0.507 e. The third-order valence-electron chi connectivity index (χ3n) is 5.57. The number of methoxy groups -OCH3 is 1. The molecule has 0 bridgehead atoms. The van der Waals surface area contributed by atoms with Gasteiger partial charge in [0.1, 0.15) is 5.76 Å². The number of Topliss-reactive ketones (excluding diaryl/α,β-unsaturated/α-hetero) is 1. The molecule has 1 saturated heterocycles. The molecule has 9 heteroatoms. The fourth-order valence-electron chi connectivity index (χ4n) is 3.96. The summed E-state index contributed by atoms with van der Waals surface area (Å²) in [6.07, 6.45) is 0.587. The average molecular weight is 473 g/mol. The fourth-order valence-corrected chi connectivity index (χ4v) is 3.96. The standard InChI is InChI=1S/C25H29FN2O6/c1-5-34-20-14-15(7-9-18(20)29)22-21(23(30)16-8-10-19(33-4)17(26)13-16)24(31)25(32)28(22)12-6-11-27(2)3/h7-10,13-14,22,29-30H,5-6,11-12H2,1-4H3/t22-/m1/s1. The van der Waals surface area contributed by atoms with Gasteiger partial charge in [-0.2, -0.15) is 0 Å². The van der Waals surface area contributed by atoms with Crippen LogP contribution >= 0.6 is 0 Å². The molecule has 1 heterocycles. The molecule has 0 unspecified atom stereocenters. The number of carbonyl (C=O) groups is 2. The summed E-state index contributed by atoms with van der Waals surface area (Å²) in [6.45, 7) is 2.99. The molecule has 1 aliphatic heterocycles. The van der Waals surface area contributed by atoms with Gasteiger partial charge in [0, 0.05) is 12.1 Å². The first-order chi connectivity index (χ1) is 16.2. The summed E-state index contributed by atoms with van der Waals surface area (Å²) in [7, 11) is 5.12. The van der Waals surface area contributed by atoms with Crippen LogP contribution in [0.25, 0.3) is 5.76 Å². The van der Waals surface area contributed by atoms with E-state index in [1.54, 1.807) is 13.0 Å². The molecular weight excluding hydrogens is 443 g/mol. The molecule has 0 spiro atoms. The fraction of sp³-hybridized carbons (Fsp3) is 0.360. The zero-order chi connectivity index (χ0) is 25.0. The first kappa shape index (κ1) is 25.0. The number of phenolic OH excluding ortho intramolecular Hbond substituents is 1. The number of aliphatic hydroxyl groups excluding tert-OH is 1. The van der Waals surface area contributed by atoms with Crippen LogP contribution in [0, 0.1) is 5.82 Å². The number of hydrogen-bond acceptors (Lipinski definition) is 7. The summed E-state index contributed by atoms with van der Waals surface area (Å²) < 4.78 is 24.7. The second-order valence-electron chi connectivity index (χ2n) is 8.16. The molecule has 1 fully saturated rings. The topological polar surface area (TPSA) is 99.5 Å². The van der Waals surface area contributed by atoms with Crippen LogP contribution in [0.3, 0.4) is 0 Å². The molecular formula is C25H29FN2O6. The summed E-state index contributed by atoms with van der Waals surface area (Å²) in [5, 5.41) is 21.2. The van der Waals surface area contributed by atoms with E-state index in [-0.39, 0.29) is 34.9 Å². The molecule has 0 radical (unpaired) electrons. The summed E-state index contributed by atoms with van der Waals surface area (Å²) in [4.78, 5) is 29.4. The SMILES string of the molecule is CCOc1cc([C@@H]2C(=C(O)c3ccc(OC)c(F)c3)C(=O)C(=O)N2CCCN(C)C)ccc1O. The van der Waals surface area contributed by atoms with Crippen molar-refractivity contribution in [2.24, 2.45) is 0 Å². The molecule has 2 N–H and O–H groups in total. The Labute approximate surface area is 197 Å². The Hall–Kier alpha value is -3.59. The minimum atomic E-state index is -0.938. The van der Waals surface area contributed by atoms with Gasteiger partial charge >= 0.3 is 0 Å². The predicted octanol–water partition coefficient (Wildman–Crippen LogP) is 3.31. The zero-order valence-electron chi connectivity index (χ0n) is 19.7. The second-order valence-corrected chi connectivity index (χ2v) is 8.16. The third kappa shape index (κ3) is 4.99. The lowest BCUT2D eigenvalue weighted by atomic mass is 9.95. The van der Waals surface area contributed by atoms with E-state index < -0.39 is 29.3 Å². The van der Waals surface area contributed by atoms with E-state index in [9.17, 15) is 24.2 Å². The zero-order valence-corrected chi connectivity index (χ0v) is 19.7. The molecule has 34 heavy (non-hydrogen) atoms. The summed E-state index contributed by atoms with van der Waals surface area (Å²) in [5.74, 6) is -2.75. The lowest BCUT2D eigenvalue weighted by molar-refractivity contribution is -0.139. The highest BCUT2D eigenvalue weighted by Gasteiger charge is 2.46. The first-order valence-electron chi connectivity index (χ1n) is 10.9. The van der Waals surface area contributed by atoms with Crippen LogP contribution in [0.2, 0.25) is 0 Å². The van der Waals surface area contributed by atoms with Crippen molar-refractivity contribution in [2.75, 3.05) is 40.9 Å². The number of ketones is 1. The average Bonchev–Trinajstić information content (AvgIpc) is 3.05. The molecule has 0 aromatic heterocycles. The number of amides is 1. The molecule has 1 atom stereocenters. The highest BCUT2D eigenvalue weighted by molar-refractivity contribution is 6.46. The van der Waals surface area contributed by atoms with E-state index in [0.717, 1.165) is 6.07 Å². The van der Waals surface area contributed by atoms with Gasteiger partial charge in [-0.05, 0) is 69.9 Å². The lowest BCUT2D eigenvalue weighted by Gasteiger charge is -2.26. The Kier molecular flexibility index (Phi) is 7.78. The minimum absolute atomic E-state index is 0.0165. The maximum atomic E-state index is 14.3. The van der Waals surface area contributed by atoms with Crippen molar-refractivity contribution >= 4 is 17.4 Å². The second kappa shape index (κ2) is 10.6. The van der Waals surface area contributed by atoms with Crippen LogP contribution in [0.4, 0.5) is 4.39 Å². The van der Waals surface area contributed by atoms with E-state index in [1.165, 1.54) is 36.3 Å². The van der Waals surface area contributed by atoms with E-state index in [4.69, 9.17) is 9.47 Å². The number of aliphatic hydroxyl groups is 1. The number of phenols is 1. The molecule has 1 amide bonds. The van der Waals surface area contributed by atoms with Crippen LogP contribution in [-0.4, -0.2) is 72.6 Å². The normalized spacial score (nSPS) is 17.5. The van der Waals surface area contributed by atoms with Crippen molar-refractivity contribution in [3.05, 3.63) is 58.9 Å². The molecule has 2 aromatic carbocycles. The number of aromatic hydroxyl groups is 1. The molecule has 2 aromatic rings. The van der Waals surface area contributed by atoms with Crippen molar-refractivity contribution in [1.82, 2.24) is 9.80 Å². The van der Waals surface area contributed by atoms with Crippen LogP contribution < -0.4 is 9.47 Å². The molecule has 182 valence electrons. The van der Waals surface area contributed by atoms with E-state index in [0.29, 0.717) is 25.1 Å². The number of nitrogens with zero attached hydrogens (tertiary/aromatic N) is 2. The van der Waals surface area contributed by atoms with Gasteiger partial charge in [-0.1, -0.05) is 6.07 Å². The van der Waals surface area contributed by atoms with Crippen molar-refractivity contribution in [1.29, 1.82) is 0 Å². The summed E-state index contributed by atoms with van der Waals surface area (Å²) in [5.41, 5.74) is 0.354. The van der Waals surface area contributed by atoms with Gasteiger partial charge < -0.3 is 29.5 Å². The van der Waals surface area contributed by atoms with Gasteiger partial charge in [0.25, 0.3) is 11.7 Å². The Morgan fingerprint density at radius 2 is 1.88 bits per heavy atom. The van der Waals surface area contributed by atoms with Crippen LogP contribution in [0.15, 0.2) is 42.0 Å². The molecule has 1 aliphatic rings. The summed E-state index contributed by atoms with van der Waals surface area (Å²) >= 11 is 0. The Morgan fingerprint density at radius 3 is 2.50 bits per heavy atom. The number of benzene rings is 2. The Balaban J connectivity index is 2.15. The number of rotatable bonds is 9. The largest absolute Gasteiger partial charge is 0.507 e. The van der Waals surface area contributed by atoms with Crippen molar-refractivity contribution in [3.8, 4) is 17.2 Å². The van der Waals surface area contributed by atoms with Gasteiger partial charge in [-0.25, -0.2) is 4.39 Å². The van der Waals surface area contributed by atoms with Crippen molar-refractivity contribution < 1.29 is 33.7 Å². The predicted molar refractivity (Wildman–Crippen MR) is 124 cm³/mol. The van der Waals surface area contributed by atoms with E-state index in [1.807, 2.05) is 19.0 Å². The molecule has 0 aliphatic carbocycles. The number of ether oxygens (including phenoxy) is 2. The van der Waals surface area contributed by atoms with Crippen molar-refractivity contribution in [2.45, 2.75) is 19.4 Å². The smallest absolute Gasteiger partial charge is 0.295 e. The Bertz CT molecular complexity index is 1110. The van der Waals surface area contributed by atoms with Crippen molar-refractivity contribution in [3.63, 3.8) is 0 Å². The van der Waals surface area contributed by atoms with Gasteiger partial charge in [0.15, 0.2) is 23.1 Å². The maximum absolute atomic E-state index is 14.3. The monoisotopic (exact) mass is 472 g/mol. The van der Waals surface area contributed by atoms with Gasteiger partial charge in [-0.3, -0.25) is 9.59 Å². The third-order valence-corrected chi connectivity index (χ3v) is 5.57. The molecule has 8 nitrogen and oxygen atoms in total. The van der Waals surface area contributed by atoms with E-state index in [2.05, 4.69) is 0 Å². The van der Waals surface area contributed by atoms with Crippen LogP contribution in [-0.2, 0) is 9.59 Å². The number of hydrogen-bond donors (Lipinski definition) is 2. The van der Waals surface area contributed by atoms with Crippen LogP contribution in [0.5, 0.6) is 17.2 Å². The van der Waals surface area contributed by atoms with E-state index >= 15 is 0 Å². The van der Waals surface area contributed by atoms with Crippen LogP contribution in [0.1, 0.15) is 30.5 Å². The number of carbonyl (C=O) groups excluding carboxylic acids is 2.